The number of benzene rings is 1. The first-order chi connectivity index (χ1) is 9.88. The molecule has 21 heavy (non-hydrogen) atoms. The molecular weight excluding hydrogens is 288 g/mol. The minimum Gasteiger partial charge on any atom is -0.310 e. The summed E-state index contributed by atoms with van der Waals surface area (Å²) in [6.45, 7) is 1.35. The predicted octanol–water partition coefficient (Wildman–Crippen LogP) is 2.12. The van der Waals surface area contributed by atoms with Crippen molar-refractivity contribution in [3.63, 3.8) is 0 Å². The summed E-state index contributed by atoms with van der Waals surface area (Å²) in [6.07, 6.45) is 2.67. The lowest BCUT2D eigenvalue weighted by Gasteiger charge is -2.10. The van der Waals surface area contributed by atoms with Crippen molar-refractivity contribution in [1.82, 2.24) is 4.98 Å². The van der Waals surface area contributed by atoms with Gasteiger partial charge in [0.1, 0.15) is 11.1 Å². The molecule has 0 unspecified atom stereocenters. The van der Waals surface area contributed by atoms with Crippen molar-refractivity contribution < 1.29 is 13.2 Å². The molecule has 2 aromatic rings. The van der Waals surface area contributed by atoms with Crippen molar-refractivity contribution in [1.29, 1.82) is 0 Å². The zero-order valence-electron chi connectivity index (χ0n) is 11.8. The highest BCUT2D eigenvalue weighted by molar-refractivity contribution is 7.92. The summed E-state index contributed by atoms with van der Waals surface area (Å²) in [6, 6.07) is 13.2. The van der Waals surface area contributed by atoms with Gasteiger partial charge in [-0.05, 0) is 24.6 Å². The molecule has 0 saturated carbocycles. The first kappa shape index (κ1) is 15.2. The Labute approximate surface area is 124 Å². The van der Waals surface area contributed by atoms with Gasteiger partial charge in [-0.25, -0.2) is 13.4 Å². The van der Waals surface area contributed by atoms with Crippen LogP contribution in [0.4, 0.5) is 5.82 Å². The number of anilines is 1. The number of nitrogens with one attached hydrogen (secondary N) is 1. The standard InChI is InChI=1S/C15H16N2O3S/c1-11(21(2,19)20)15(18)17-14-9-8-13(10-16-14)12-6-4-3-5-7-12/h3-11H,1-2H3,(H,16,17,18)/t11-/m0/s1. The maximum atomic E-state index is 11.8. The third-order valence-electron chi connectivity index (χ3n) is 3.13. The lowest BCUT2D eigenvalue weighted by atomic mass is 10.1. The van der Waals surface area contributed by atoms with E-state index in [-0.39, 0.29) is 0 Å². The first-order valence-corrected chi connectivity index (χ1v) is 8.34. The number of carbonyl (C=O) groups excluding carboxylic acids is 1. The number of amides is 1. The fourth-order valence-electron chi connectivity index (χ4n) is 1.69. The van der Waals surface area contributed by atoms with Crippen LogP contribution in [0.15, 0.2) is 48.7 Å². The second-order valence-electron chi connectivity index (χ2n) is 4.76. The molecule has 0 bridgehead atoms. The van der Waals surface area contributed by atoms with Gasteiger partial charge in [-0.15, -0.1) is 0 Å². The zero-order chi connectivity index (χ0) is 15.5. The third-order valence-corrected chi connectivity index (χ3v) is 4.63. The van der Waals surface area contributed by atoms with E-state index in [9.17, 15) is 13.2 Å². The molecule has 2 rings (SSSR count). The Kier molecular flexibility index (Phi) is 4.37. The molecule has 1 aromatic carbocycles. The fraction of sp³-hybridized carbons (Fsp3) is 0.200. The molecule has 0 aliphatic heterocycles. The van der Waals surface area contributed by atoms with Crippen LogP contribution in [0.3, 0.4) is 0 Å². The van der Waals surface area contributed by atoms with E-state index in [0.29, 0.717) is 5.82 Å². The monoisotopic (exact) mass is 304 g/mol. The molecule has 110 valence electrons. The molecule has 0 radical (unpaired) electrons. The second kappa shape index (κ2) is 6.05. The summed E-state index contributed by atoms with van der Waals surface area (Å²) >= 11 is 0. The highest BCUT2D eigenvalue weighted by Crippen LogP contribution is 2.19. The van der Waals surface area contributed by atoms with E-state index in [4.69, 9.17) is 0 Å². The predicted molar refractivity (Wildman–Crippen MR) is 82.6 cm³/mol. The van der Waals surface area contributed by atoms with Crippen LogP contribution in [0.2, 0.25) is 0 Å². The van der Waals surface area contributed by atoms with Gasteiger partial charge in [0.2, 0.25) is 5.91 Å². The van der Waals surface area contributed by atoms with Crippen LogP contribution in [0, 0.1) is 0 Å². The van der Waals surface area contributed by atoms with Crippen molar-refractivity contribution >= 4 is 21.6 Å². The Morgan fingerprint density at radius 1 is 1.10 bits per heavy atom. The normalized spacial score (nSPS) is 12.7. The summed E-state index contributed by atoms with van der Waals surface area (Å²) in [7, 11) is -3.41. The van der Waals surface area contributed by atoms with Crippen LogP contribution in [0.1, 0.15) is 6.92 Å². The topological polar surface area (TPSA) is 76.1 Å². The van der Waals surface area contributed by atoms with Gasteiger partial charge in [0.05, 0.1) is 0 Å². The SMILES string of the molecule is C[C@@H](C(=O)Nc1ccc(-c2ccccc2)cn1)S(C)(=O)=O. The van der Waals surface area contributed by atoms with Crippen molar-refractivity contribution in [2.45, 2.75) is 12.2 Å². The van der Waals surface area contributed by atoms with Crippen molar-refractivity contribution in [2.24, 2.45) is 0 Å². The number of carbonyl (C=O) groups is 1. The van der Waals surface area contributed by atoms with E-state index in [1.54, 1.807) is 12.3 Å². The lowest BCUT2D eigenvalue weighted by Crippen LogP contribution is -2.32. The molecule has 1 heterocycles. The van der Waals surface area contributed by atoms with Crippen LogP contribution in [0.5, 0.6) is 0 Å². The molecular formula is C15H16N2O3S. The van der Waals surface area contributed by atoms with Crippen LogP contribution in [-0.2, 0) is 14.6 Å². The quantitative estimate of drug-likeness (QED) is 0.938. The van der Waals surface area contributed by atoms with Gasteiger partial charge in [0.25, 0.3) is 0 Å². The molecule has 1 atom stereocenters. The molecule has 6 heteroatoms. The molecule has 0 saturated heterocycles. The molecule has 1 aromatic heterocycles. The van der Waals surface area contributed by atoms with E-state index in [0.717, 1.165) is 17.4 Å². The van der Waals surface area contributed by atoms with E-state index in [2.05, 4.69) is 10.3 Å². The van der Waals surface area contributed by atoms with Crippen molar-refractivity contribution in [3.05, 3.63) is 48.7 Å². The summed E-state index contributed by atoms with van der Waals surface area (Å²) < 4.78 is 22.6. The average molecular weight is 304 g/mol. The Morgan fingerprint density at radius 3 is 2.29 bits per heavy atom. The maximum Gasteiger partial charge on any atom is 0.243 e. The van der Waals surface area contributed by atoms with Gasteiger partial charge in [-0.2, -0.15) is 0 Å². The maximum absolute atomic E-state index is 11.8. The smallest absolute Gasteiger partial charge is 0.243 e. The number of hydrogen-bond donors (Lipinski definition) is 1. The van der Waals surface area contributed by atoms with Crippen LogP contribution >= 0.6 is 0 Å². The molecule has 0 aliphatic rings. The minimum atomic E-state index is -3.41. The van der Waals surface area contributed by atoms with E-state index in [1.165, 1.54) is 6.92 Å². The summed E-state index contributed by atoms with van der Waals surface area (Å²) in [5.41, 5.74) is 1.94. The molecule has 1 N–H and O–H groups in total. The molecule has 0 spiro atoms. The van der Waals surface area contributed by atoms with Crippen LogP contribution in [-0.4, -0.2) is 30.8 Å². The summed E-state index contributed by atoms with van der Waals surface area (Å²) in [4.78, 5) is 15.9. The van der Waals surface area contributed by atoms with E-state index >= 15 is 0 Å². The third kappa shape index (κ3) is 3.88. The zero-order valence-corrected chi connectivity index (χ0v) is 12.6. The van der Waals surface area contributed by atoms with Gasteiger partial charge in [-0.1, -0.05) is 30.3 Å². The van der Waals surface area contributed by atoms with E-state index in [1.807, 2.05) is 36.4 Å². The fourth-order valence-corrected chi connectivity index (χ4v) is 2.14. The van der Waals surface area contributed by atoms with Crippen molar-refractivity contribution in [2.75, 3.05) is 11.6 Å². The first-order valence-electron chi connectivity index (χ1n) is 6.39. The number of nitrogens with zero attached hydrogens (tertiary/aromatic N) is 1. The Hall–Kier alpha value is -2.21. The minimum absolute atomic E-state index is 0.329. The van der Waals surface area contributed by atoms with Crippen molar-refractivity contribution in [3.8, 4) is 11.1 Å². The largest absolute Gasteiger partial charge is 0.310 e. The summed E-state index contributed by atoms with van der Waals surface area (Å²) in [5, 5.41) is 1.39. The van der Waals surface area contributed by atoms with Gasteiger partial charge in [-0.3, -0.25) is 4.79 Å². The van der Waals surface area contributed by atoms with Gasteiger partial charge in [0, 0.05) is 18.0 Å². The molecule has 1 amide bonds. The summed E-state index contributed by atoms with van der Waals surface area (Å²) in [5.74, 6) is -0.257. The Morgan fingerprint density at radius 2 is 1.76 bits per heavy atom. The van der Waals surface area contributed by atoms with Crippen LogP contribution < -0.4 is 5.32 Å². The Balaban J connectivity index is 2.12. The Bertz CT molecular complexity index is 725. The lowest BCUT2D eigenvalue weighted by molar-refractivity contribution is -0.115. The van der Waals surface area contributed by atoms with Gasteiger partial charge >= 0.3 is 0 Å². The molecule has 0 fully saturated rings. The van der Waals surface area contributed by atoms with E-state index < -0.39 is 21.0 Å². The van der Waals surface area contributed by atoms with Gasteiger partial charge < -0.3 is 5.32 Å². The van der Waals surface area contributed by atoms with Crippen LogP contribution in [0.25, 0.3) is 11.1 Å². The average Bonchev–Trinajstić information content (AvgIpc) is 2.47. The second-order valence-corrected chi connectivity index (χ2v) is 7.13. The number of sulfone groups is 1. The highest BCUT2D eigenvalue weighted by atomic mass is 32.2. The van der Waals surface area contributed by atoms with Gasteiger partial charge in [0.15, 0.2) is 9.84 Å². The molecule has 0 aliphatic carbocycles. The number of hydrogen-bond acceptors (Lipinski definition) is 4. The number of aromatic nitrogens is 1. The molecule has 5 nitrogen and oxygen atoms in total. The highest BCUT2D eigenvalue weighted by Gasteiger charge is 2.23. The number of rotatable bonds is 4. The number of pyridine rings is 1.